The molecule has 10 nitrogen and oxygen atoms in total. The summed E-state index contributed by atoms with van der Waals surface area (Å²) in [4.78, 5) is 27.2. The van der Waals surface area contributed by atoms with Crippen molar-refractivity contribution in [3.8, 4) is 5.75 Å². The molecule has 2 rings (SSSR count). The zero-order valence-corrected chi connectivity index (χ0v) is 21.2. The fourth-order valence-electron chi connectivity index (χ4n) is 3.16. The summed E-state index contributed by atoms with van der Waals surface area (Å²) < 4.78 is 65.5. The third kappa shape index (κ3) is 9.64. The molecule has 2 aromatic rings. The minimum absolute atomic E-state index is 0.0254. The Hall–Kier alpha value is -2.88. The predicted octanol–water partition coefficient (Wildman–Crippen LogP) is 1.95. The molecule has 15 heteroatoms. The van der Waals surface area contributed by atoms with Crippen LogP contribution in [0.15, 0.2) is 36.4 Å². The molecule has 2 aromatic carbocycles. The van der Waals surface area contributed by atoms with Gasteiger partial charge in [0.15, 0.2) is 11.6 Å². The summed E-state index contributed by atoms with van der Waals surface area (Å²) in [5.41, 5.74) is -0.369. The largest absolute Gasteiger partial charge is 0.508 e. The highest BCUT2D eigenvalue weighted by molar-refractivity contribution is 9.09. The van der Waals surface area contributed by atoms with Crippen LogP contribution < -0.4 is 20.5 Å². The highest BCUT2D eigenvalue weighted by Gasteiger charge is 2.27. The molecule has 0 saturated carbocycles. The van der Waals surface area contributed by atoms with Crippen LogP contribution in [0.1, 0.15) is 12.0 Å². The van der Waals surface area contributed by atoms with Crippen molar-refractivity contribution in [3.05, 3.63) is 59.4 Å². The molecular weight excluding hydrogens is 571 g/mol. The van der Waals surface area contributed by atoms with Gasteiger partial charge in [-0.3, -0.25) is 4.79 Å². The van der Waals surface area contributed by atoms with Gasteiger partial charge in [-0.2, -0.15) is 8.42 Å². The lowest BCUT2D eigenvalue weighted by Gasteiger charge is -2.28. The van der Waals surface area contributed by atoms with E-state index in [4.69, 9.17) is 5.14 Å². The fourth-order valence-corrected chi connectivity index (χ4v) is 3.79. The maximum Gasteiger partial charge on any atom is 0.320 e. The lowest BCUT2D eigenvalue weighted by molar-refractivity contribution is -0.133. The zero-order valence-electron chi connectivity index (χ0n) is 18.8. The van der Waals surface area contributed by atoms with Crippen molar-refractivity contribution >= 4 is 43.8 Å². The summed E-state index contributed by atoms with van der Waals surface area (Å²) in [5.74, 6) is -4.51. The smallest absolute Gasteiger partial charge is 0.320 e. The van der Waals surface area contributed by atoms with E-state index in [1.807, 2.05) is 5.32 Å². The molecule has 36 heavy (non-hydrogen) atoms. The standard InChI is InChI=1S/C21H25BrF3N5O5S/c22-6-1-8-30(9-7-27-36(26,34)35)20(32)18(10-13-2-4-15(31)5-3-13)28-21(33)29-19-16(24)11-14(23)12-17(19)25/h2-5,11-12,18,27,31H,1,6-10H2,(H2,26,34,35)(H2,28,29,33). The van der Waals surface area contributed by atoms with Gasteiger partial charge >= 0.3 is 6.03 Å². The molecule has 0 aromatic heterocycles. The molecule has 3 amide bonds. The number of carbonyl (C=O) groups excluding carboxylic acids is 2. The van der Waals surface area contributed by atoms with Gasteiger partial charge in [-0.1, -0.05) is 28.1 Å². The van der Waals surface area contributed by atoms with Crippen molar-refractivity contribution in [2.75, 3.05) is 30.3 Å². The Morgan fingerprint density at radius 3 is 2.25 bits per heavy atom. The quantitative estimate of drug-likeness (QED) is 0.237. The van der Waals surface area contributed by atoms with Crippen molar-refractivity contribution in [1.82, 2.24) is 14.9 Å². The van der Waals surface area contributed by atoms with Gasteiger partial charge < -0.3 is 20.6 Å². The van der Waals surface area contributed by atoms with E-state index in [2.05, 4.69) is 26.0 Å². The molecule has 0 bridgehead atoms. The summed E-state index contributed by atoms with van der Waals surface area (Å²) in [7, 11) is -4.00. The number of hydrogen-bond acceptors (Lipinski definition) is 5. The van der Waals surface area contributed by atoms with E-state index in [-0.39, 0.29) is 31.8 Å². The Balaban J connectivity index is 2.26. The van der Waals surface area contributed by atoms with E-state index >= 15 is 0 Å². The van der Waals surface area contributed by atoms with Gasteiger partial charge in [0.1, 0.15) is 23.3 Å². The number of anilines is 1. The molecule has 0 aliphatic carbocycles. The molecule has 0 radical (unpaired) electrons. The number of nitrogens with one attached hydrogen (secondary N) is 3. The molecule has 1 unspecified atom stereocenters. The van der Waals surface area contributed by atoms with Crippen LogP contribution in [0.25, 0.3) is 0 Å². The monoisotopic (exact) mass is 595 g/mol. The molecule has 0 spiro atoms. The van der Waals surface area contributed by atoms with Gasteiger partial charge in [0.25, 0.3) is 10.2 Å². The molecule has 6 N–H and O–H groups in total. The first-order valence-electron chi connectivity index (χ1n) is 10.5. The number of phenols is 1. The first-order valence-corrected chi connectivity index (χ1v) is 13.2. The maximum atomic E-state index is 14.0. The predicted molar refractivity (Wildman–Crippen MR) is 130 cm³/mol. The second kappa shape index (κ2) is 13.4. The number of halogens is 4. The van der Waals surface area contributed by atoms with Crippen LogP contribution in [0, 0.1) is 17.5 Å². The number of alkyl halides is 1. The minimum atomic E-state index is -4.00. The van der Waals surface area contributed by atoms with Gasteiger partial charge in [-0.15, -0.1) is 0 Å². The maximum absolute atomic E-state index is 14.0. The second-order valence-electron chi connectivity index (χ2n) is 7.57. The number of benzene rings is 2. The van der Waals surface area contributed by atoms with E-state index in [9.17, 15) is 36.3 Å². The Kier molecular flexibility index (Phi) is 11.0. The number of carbonyl (C=O) groups is 2. The van der Waals surface area contributed by atoms with Crippen LogP contribution in [0.4, 0.5) is 23.7 Å². The van der Waals surface area contributed by atoms with Crippen LogP contribution in [0.3, 0.4) is 0 Å². The van der Waals surface area contributed by atoms with Gasteiger partial charge in [0.05, 0.1) is 0 Å². The molecule has 0 saturated heterocycles. The Bertz CT molecular complexity index is 1150. The molecule has 198 valence electrons. The van der Waals surface area contributed by atoms with Crippen molar-refractivity contribution in [1.29, 1.82) is 0 Å². The van der Waals surface area contributed by atoms with Gasteiger partial charge in [-0.05, 0) is 24.1 Å². The minimum Gasteiger partial charge on any atom is -0.508 e. The number of aromatic hydroxyl groups is 1. The molecule has 0 fully saturated rings. The van der Waals surface area contributed by atoms with Gasteiger partial charge in [0, 0.05) is 43.5 Å². The summed E-state index contributed by atoms with van der Waals surface area (Å²) in [5, 5.41) is 19.3. The van der Waals surface area contributed by atoms with Crippen molar-refractivity contribution < 1.29 is 36.3 Å². The van der Waals surface area contributed by atoms with Gasteiger partial charge in [0.2, 0.25) is 5.91 Å². The number of urea groups is 1. The first-order chi connectivity index (χ1) is 16.9. The highest BCUT2D eigenvalue weighted by Crippen LogP contribution is 2.20. The fraction of sp³-hybridized carbons (Fsp3) is 0.333. The lowest BCUT2D eigenvalue weighted by atomic mass is 10.0. The topological polar surface area (TPSA) is 154 Å². The summed E-state index contributed by atoms with van der Waals surface area (Å²) in [6, 6.07) is 4.15. The number of nitrogens with zero attached hydrogens (tertiary/aromatic N) is 1. The lowest BCUT2D eigenvalue weighted by Crippen LogP contribution is -2.52. The van der Waals surface area contributed by atoms with E-state index in [1.165, 1.54) is 29.2 Å². The van der Waals surface area contributed by atoms with Crippen molar-refractivity contribution in [3.63, 3.8) is 0 Å². The normalized spacial score (nSPS) is 12.1. The number of phenolic OH excluding ortho intramolecular Hbond substituents is 1. The summed E-state index contributed by atoms with van der Waals surface area (Å²) in [6.45, 7) is -0.0944. The third-order valence-electron chi connectivity index (χ3n) is 4.78. The molecule has 1 atom stereocenters. The average Bonchev–Trinajstić information content (AvgIpc) is 2.78. The van der Waals surface area contributed by atoms with Crippen LogP contribution in [-0.4, -0.2) is 61.4 Å². The van der Waals surface area contributed by atoms with Crippen LogP contribution >= 0.6 is 15.9 Å². The van der Waals surface area contributed by atoms with Gasteiger partial charge in [-0.25, -0.2) is 27.8 Å². The third-order valence-corrected chi connectivity index (χ3v) is 5.95. The molecule has 0 aliphatic heterocycles. The summed E-state index contributed by atoms with van der Waals surface area (Å²) in [6.07, 6.45) is 0.416. The van der Waals surface area contributed by atoms with E-state index in [1.54, 1.807) is 0 Å². The number of rotatable bonds is 12. The van der Waals surface area contributed by atoms with Crippen molar-refractivity contribution in [2.24, 2.45) is 5.14 Å². The van der Waals surface area contributed by atoms with E-state index < -0.39 is 51.3 Å². The molecule has 0 aliphatic rings. The number of nitrogens with two attached hydrogens (primary N) is 1. The first kappa shape index (κ1) is 29.4. The number of hydrogen-bond donors (Lipinski definition) is 5. The Morgan fingerprint density at radius 2 is 1.69 bits per heavy atom. The molecular formula is C21H25BrF3N5O5S. The van der Waals surface area contributed by atoms with E-state index in [0.717, 1.165) is 0 Å². The van der Waals surface area contributed by atoms with Crippen LogP contribution in [0.2, 0.25) is 0 Å². The number of amides is 3. The highest BCUT2D eigenvalue weighted by atomic mass is 79.9. The van der Waals surface area contributed by atoms with Crippen LogP contribution in [0.5, 0.6) is 5.75 Å². The van der Waals surface area contributed by atoms with E-state index in [0.29, 0.717) is 29.4 Å². The SMILES string of the molecule is NS(=O)(=O)NCCN(CCCBr)C(=O)C(Cc1ccc(O)cc1)NC(=O)Nc1c(F)cc(F)cc1F. The zero-order chi connectivity index (χ0) is 26.9. The Labute approximate surface area is 214 Å². The average molecular weight is 596 g/mol. The van der Waals surface area contributed by atoms with Crippen LogP contribution in [-0.2, 0) is 21.4 Å². The second-order valence-corrected chi connectivity index (χ2v) is 9.74. The Morgan fingerprint density at radius 1 is 1.08 bits per heavy atom. The van der Waals surface area contributed by atoms with Crippen molar-refractivity contribution in [2.45, 2.75) is 18.9 Å². The molecule has 0 heterocycles. The summed E-state index contributed by atoms with van der Waals surface area (Å²) >= 11 is 3.25.